The van der Waals surface area contributed by atoms with Crippen LogP contribution >= 0.6 is 0 Å². The van der Waals surface area contributed by atoms with Crippen LogP contribution in [-0.4, -0.2) is 36.6 Å². The van der Waals surface area contributed by atoms with Gasteiger partial charge >= 0.3 is 5.97 Å². The predicted octanol–water partition coefficient (Wildman–Crippen LogP) is 0.211. The van der Waals surface area contributed by atoms with Crippen molar-refractivity contribution in [2.45, 2.75) is 33.2 Å². The molecule has 0 aromatic rings. The summed E-state index contributed by atoms with van der Waals surface area (Å²) in [5.74, 6) is -1.24. The Kier molecular flexibility index (Phi) is 5.28. The zero-order valence-electron chi connectivity index (χ0n) is 9.76. The summed E-state index contributed by atoms with van der Waals surface area (Å²) in [7, 11) is 1.74. The molecule has 0 spiro atoms. The number of nitrogens with one attached hydrogen (secondary N) is 2. The van der Waals surface area contributed by atoms with Crippen LogP contribution < -0.4 is 10.6 Å². The second kappa shape index (κ2) is 5.70. The van der Waals surface area contributed by atoms with E-state index < -0.39 is 17.4 Å². The van der Waals surface area contributed by atoms with Crippen LogP contribution in [0.1, 0.15) is 27.2 Å². The molecule has 0 saturated carbocycles. The smallest absolute Gasteiger partial charge is 0.326 e. The number of hydrogen-bond acceptors (Lipinski definition) is 3. The van der Waals surface area contributed by atoms with Gasteiger partial charge in [0.1, 0.15) is 6.04 Å². The van der Waals surface area contributed by atoms with Crippen LogP contribution in [0.25, 0.3) is 0 Å². The molecule has 0 bridgehead atoms. The first-order valence-electron chi connectivity index (χ1n) is 4.95. The molecule has 1 amide bonds. The highest BCUT2D eigenvalue weighted by molar-refractivity contribution is 5.84. The molecular formula is C10H20N2O3. The van der Waals surface area contributed by atoms with Gasteiger partial charge in [-0.25, -0.2) is 4.79 Å². The van der Waals surface area contributed by atoms with E-state index in [1.54, 1.807) is 27.8 Å². The molecule has 0 aliphatic heterocycles. The van der Waals surface area contributed by atoms with E-state index in [0.29, 0.717) is 6.54 Å². The van der Waals surface area contributed by atoms with E-state index in [0.717, 1.165) is 0 Å². The van der Waals surface area contributed by atoms with Crippen molar-refractivity contribution in [3.63, 3.8) is 0 Å². The summed E-state index contributed by atoms with van der Waals surface area (Å²) in [6.07, 6.45) is 0.288. The molecule has 5 nitrogen and oxygen atoms in total. The van der Waals surface area contributed by atoms with E-state index in [-0.39, 0.29) is 12.3 Å². The number of carboxylic acids is 1. The molecule has 0 unspecified atom stereocenters. The van der Waals surface area contributed by atoms with Crippen LogP contribution in [0.5, 0.6) is 0 Å². The normalized spacial score (nSPS) is 13.3. The number of aliphatic carboxylic acids is 1. The maximum atomic E-state index is 11.3. The molecule has 88 valence electrons. The number of rotatable bonds is 5. The summed E-state index contributed by atoms with van der Waals surface area (Å²) in [5, 5.41) is 14.3. The fourth-order valence-corrected chi connectivity index (χ4v) is 1.12. The van der Waals surface area contributed by atoms with Crippen molar-refractivity contribution < 1.29 is 14.7 Å². The molecule has 5 heteroatoms. The van der Waals surface area contributed by atoms with Crippen molar-refractivity contribution in [3.05, 3.63) is 0 Å². The zero-order chi connectivity index (χ0) is 12.1. The minimum absolute atomic E-state index is 0.244. The molecule has 0 rings (SSSR count). The lowest BCUT2D eigenvalue weighted by atomic mass is 9.86. The Morgan fingerprint density at radius 1 is 1.33 bits per heavy atom. The predicted molar refractivity (Wildman–Crippen MR) is 57.6 cm³/mol. The molecule has 15 heavy (non-hydrogen) atoms. The fourth-order valence-electron chi connectivity index (χ4n) is 1.12. The molecule has 1 atom stereocenters. The standard InChI is InChI=1S/C10H20N2O3/c1-10(2,3)8(9(14)15)12-7(13)5-6-11-4/h8,11H,5-6H2,1-4H3,(H,12,13)(H,14,15)/t8-/m1/s1. The van der Waals surface area contributed by atoms with Gasteiger partial charge in [0.15, 0.2) is 0 Å². The monoisotopic (exact) mass is 216 g/mol. The third kappa shape index (κ3) is 5.37. The van der Waals surface area contributed by atoms with Gasteiger partial charge in [0.25, 0.3) is 0 Å². The lowest BCUT2D eigenvalue weighted by Gasteiger charge is -2.27. The van der Waals surface area contributed by atoms with E-state index in [4.69, 9.17) is 5.11 Å². The van der Waals surface area contributed by atoms with Gasteiger partial charge in [0.05, 0.1) is 0 Å². The second-order valence-corrected chi connectivity index (χ2v) is 4.56. The third-order valence-corrected chi connectivity index (χ3v) is 2.02. The SMILES string of the molecule is CNCCC(=O)N[C@H](C(=O)O)C(C)(C)C. The molecule has 3 N–H and O–H groups in total. The van der Waals surface area contributed by atoms with Gasteiger partial charge < -0.3 is 15.7 Å². The van der Waals surface area contributed by atoms with Crippen LogP contribution in [0.15, 0.2) is 0 Å². The lowest BCUT2D eigenvalue weighted by Crippen LogP contribution is -2.49. The fraction of sp³-hybridized carbons (Fsp3) is 0.800. The van der Waals surface area contributed by atoms with Gasteiger partial charge in [0.2, 0.25) is 5.91 Å². The van der Waals surface area contributed by atoms with Crippen LogP contribution in [0, 0.1) is 5.41 Å². The highest BCUT2D eigenvalue weighted by Crippen LogP contribution is 2.19. The van der Waals surface area contributed by atoms with E-state index in [2.05, 4.69) is 10.6 Å². The third-order valence-electron chi connectivity index (χ3n) is 2.02. The molecule has 0 heterocycles. The van der Waals surface area contributed by atoms with E-state index in [9.17, 15) is 9.59 Å². The molecule has 0 aromatic carbocycles. The maximum Gasteiger partial charge on any atom is 0.326 e. The highest BCUT2D eigenvalue weighted by Gasteiger charge is 2.32. The van der Waals surface area contributed by atoms with E-state index >= 15 is 0 Å². The van der Waals surface area contributed by atoms with Crippen molar-refractivity contribution in [2.75, 3.05) is 13.6 Å². The number of hydrogen-bond donors (Lipinski definition) is 3. The number of carboxylic acid groups (broad SMARTS) is 1. The van der Waals surface area contributed by atoms with Crippen LogP contribution in [0.3, 0.4) is 0 Å². The summed E-state index contributed by atoms with van der Waals surface area (Å²) in [5.41, 5.74) is -0.485. The second-order valence-electron chi connectivity index (χ2n) is 4.56. The van der Waals surface area contributed by atoms with Gasteiger partial charge in [-0.05, 0) is 12.5 Å². The molecular weight excluding hydrogens is 196 g/mol. The lowest BCUT2D eigenvalue weighted by molar-refractivity contribution is -0.144. The van der Waals surface area contributed by atoms with Crippen molar-refractivity contribution in [2.24, 2.45) is 5.41 Å². The summed E-state index contributed by atoms with van der Waals surface area (Å²) in [6, 6.07) is -0.846. The Hall–Kier alpha value is -1.10. The Balaban J connectivity index is 4.31. The topological polar surface area (TPSA) is 78.4 Å². The average Bonchev–Trinajstić information content (AvgIpc) is 2.08. The largest absolute Gasteiger partial charge is 0.480 e. The Morgan fingerprint density at radius 3 is 2.20 bits per heavy atom. The van der Waals surface area contributed by atoms with Gasteiger partial charge in [-0.15, -0.1) is 0 Å². The van der Waals surface area contributed by atoms with Gasteiger partial charge in [0, 0.05) is 13.0 Å². The van der Waals surface area contributed by atoms with Crippen molar-refractivity contribution in [1.82, 2.24) is 10.6 Å². The number of amides is 1. The van der Waals surface area contributed by atoms with E-state index in [1.807, 2.05) is 0 Å². The van der Waals surface area contributed by atoms with Gasteiger partial charge in [-0.3, -0.25) is 4.79 Å². The molecule has 0 aliphatic carbocycles. The molecule has 0 saturated heterocycles. The average molecular weight is 216 g/mol. The molecule has 0 radical (unpaired) electrons. The summed E-state index contributed by atoms with van der Waals surface area (Å²) >= 11 is 0. The summed E-state index contributed by atoms with van der Waals surface area (Å²) < 4.78 is 0. The number of carbonyl (C=O) groups excluding carboxylic acids is 1. The molecule has 0 fully saturated rings. The minimum atomic E-state index is -1.000. The quantitative estimate of drug-likeness (QED) is 0.614. The highest BCUT2D eigenvalue weighted by atomic mass is 16.4. The van der Waals surface area contributed by atoms with Crippen molar-refractivity contribution in [3.8, 4) is 0 Å². The van der Waals surface area contributed by atoms with Crippen LogP contribution in [0.2, 0.25) is 0 Å². The van der Waals surface area contributed by atoms with Crippen LogP contribution in [0.4, 0.5) is 0 Å². The van der Waals surface area contributed by atoms with Crippen molar-refractivity contribution >= 4 is 11.9 Å². The van der Waals surface area contributed by atoms with Gasteiger partial charge in [-0.2, -0.15) is 0 Å². The zero-order valence-corrected chi connectivity index (χ0v) is 9.76. The molecule has 0 aromatic heterocycles. The first-order chi connectivity index (χ1) is 6.79. The van der Waals surface area contributed by atoms with E-state index in [1.165, 1.54) is 0 Å². The Labute approximate surface area is 90.2 Å². The Morgan fingerprint density at radius 2 is 1.87 bits per heavy atom. The van der Waals surface area contributed by atoms with Crippen LogP contribution in [-0.2, 0) is 9.59 Å². The van der Waals surface area contributed by atoms with Gasteiger partial charge in [-0.1, -0.05) is 20.8 Å². The number of carbonyl (C=O) groups is 2. The first-order valence-corrected chi connectivity index (χ1v) is 4.95. The first kappa shape index (κ1) is 13.9. The van der Waals surface area contributed by atoms with Crippen molar-refractivity contribution in [1.29, 1.82) is 0 Å². The molecule has 0 aliphatic rings. The summed E-state index contributed by atoms with van der Waals surface area (Å²) in [4.78, 5) is 22.3. The summed E-state index contributed by atoms with van der Waals surface area (Å²) in [6.45, 7) is 5.89. The maximum absolute atomic E-state index is 11.3. The minimum Gasteiger partial charge on any atom is -0.480 e. The Bertz CT molecular complexity index is 233.